The van der Waals surface area contributed by atoms with Gasteiger partial charge in [-0.1, -0.05) is 0 Å². The van der Waals surface area contributed by atoms with Gasteiger partial charge in [0, 0.05) is 12.3 Å². The molecule has 1 fully saturated rings. The quantitative estimate of drug-likeness (QED) is 0.610. The number of thioether (sulfide) groups is 1. The maximum Gasteiger partial charge on any atom is 0.242 e. The number of nitrogens with one attached hydrogen (secondary N) is 2. The highest BCUT2D eigenvalue weighted by molar-refractivity contribution is 8.00. The molecule has 1 aliphatic heterocycles. The van der Waals surface area contributed by atoms with Crippen LogP contribution in [0.5, 0.6) is 0 Å². The minimum Gasteiger partial charge on any atom is -0.549 e. The van der Waals surface area contributed by atoms with Gasteiger partial charge in [-0.2, -0.15) is 0 Å². The van der Waals surface area contributed by atoms with Crippen molar-refractivity contribution < 1.29 is 19.5 Å². The zero-order chi connectivity index (χ0) is 12.7. The van der Waals surface area contributed by atoms with Crippen LogP contribution in [0.15, 0.2) is 0 Å². The molecule has 0 aromatic rings. The number of carbonyl (C=O) groups excluding carboxylic acids is 3. The number of aliphatic carboxylic acids is 1. The van der Waals surface area contributed by atoms with E-state index in [1.165, 1.54) is 0 Å². The summed E-state index contributed by atoms with van der Waals surface area (Å²) >= 11 is 0.959. The molecule has 0 spiro atoms. The molecule has 2 N–H and O–H groups in total. The lowest BCUT2D eigenvalue weighted by Crippen LogP contribution is -2.46. The average molecular weight is 259 g/mol. The molecule has 0 aliphatic carbocycles. The van der Waals surface area contributed by atoms with Crippen LogP contribution in [0.4, 0.5) is 0 Å². The lowest BCUT2D eigenvalue weighted by Gasteiger charge is -2.14. The van der Waals surface area contributed by atoms with Crippen LogP contribution in [0.2, 0.25) is 0 Å². The molecule has 1 aliphatic rings. The molecule has 0 aromatic carbocycles. The molecular weight excluding hydrogens is 244 g/mol. The first-order chi connectivity index (χ1) is 8.09. The Morgan fingerprint density at radius 1 is 1.41 bits per heavy atom. The predicted octanol–water partition coefficient (Wildman–Crippen LogP) is -1.75. The second-order valence-corrected chi connectivity index (χ2v) is 4.76. The molecule has 0 aromatic heterocycles. The number of hydrogen-bond donors (Lipinski definition) is 2. The molecular formula is C10H15N2O4S-. The summed E-state index contributed by atoms with van der Waals surface area (Å²) in [5, 5.41) is 15.4. The van der Waals surface area contributed by atoms with Gasteiger partial charge in [-0.25, -0.2) is 0 Å². The Morgan fingerprint density at radius 3 is 2.88 bits per heavy atom. The number of hydrogen-bond acceptors (Lipinski definition) is 5. The largest absolute Gasteiger partial charge is 0.549 e. The molecule has 96 valence electrons. The molecule has 1 heterocycles. The van der Waals surface area contributed by atoms with Crippen LogP contribution < -0.4 is 15.7 Å². The SMILES string of the molecule is O=C([O-])CSCC(=O)N[C@@H]1CCCCNC1=O. The Labute approximate surface area is 104 Å². The van der Waals surface area contributed by atoms with Gasteiger partial charge >= 0.3 is 0 Å². The Bertz CT molecular complexity index is 309. The fourth-order valence-corrected chi connectivity index (χ4v) is 2.08. The highest BCUT2D eigenvalue weighted by Gasteiger charge is 2.21. The highest BCUT2D eigenvalue weighted by Crippen LogP contribution is 2.06. The van der Waals surface area contributed by atoms with Gasteiger partial charge in [0.25, 0.3) is 0 Å². The van der Waals surface area contributed by atoms with Crippen molar-refractivity contribution in [3.63, 3.8) is 0 Å². The summed E-state index contributed by atoms with van der Waals surface area (Å²) in [5.74, 6) is -1.88. The smallest absolute Gasteiger partial charge is 0.242 e. The van der Waals surface area contributed by atoms with Crippen molar-refractivity contribution in [3.8, 4) is 0 Å². The monoisotopic (exact) mass is 259 g/mol. The van der Waals surface area contributed by atoms with E-state index in [4.69, 9.17) is 0 Å². The van der Waals surface area contributed by atoms with E-state index >= 15 is 0 Å². The van der Waals surface area contributed by atoms with Crippen LogP contribution in [0.3, 0.4) is 0 Å². The van der Waals surface area contributed by atoms with E-state index in [1.807, 2.05) is 0 Å². The van der Waals surface area contributed by atoms with Crippen LogP contribution in [0, 0.1) is 0 Å². The summed E-state index contributed by atoms with van der Waals surface area (Å²) in [5.41, 5.74) is 0. The van der Waals surface area contributed by atoms with Gasteiger partial charge in [-0.3, -0.25) is 9.59 Å². The van der Waals surface area contributed by atoms with Crippen molar-refractivity contribution in [2.75, 3.05) is 18.1 Å². The van der Waals surface area contributed by atoms with Crippen molar-refractivity contribution in [1.29, 1.82) is 0 Å². The summed E-state index contributed by atoms with van der Waals surface area (Å²) in [7, 11) is 0. The molecule has 0 unspecified atom stereocenters. The van der Waals surface area contributed by atoms with E-state index in [2.05, 4.69) is 10.6 Å². The molecule has 1 saturated heterocycles. The maximum absolute atomic E-state index is 11.5. The van der Waals surface area contributed by atoms with Crippen LogP contribution >= 0.6 is 11.8 Å². The fourth-order valence-electron chi connectivity index (χ4n) is 1.54. The zero-order valence-corrected chi connectivity index (χ0v) is 10.2. The van der Waals surface area contributed by atoms with E-state index in [0.29, 0.717) is 13.0 Å². The van der Waals surface area contributed by atoms with E-state index in [0.717, 1.165) is 24.6 Å². The van der Waals surface area contributed by atoms with E-state index in [-0.39, 0.29) is 23.3 Å². The average Bonchev–Trinajstić information content (AvgIpc) is 2.44. The third-order valence-corrected chi connectivity index (χ3v) is 3.23. The number of carbonyl (C=O) groups is 3. The Hall–Kier alpha value is -1.24. The van der Waals surface area contributed by atoms with Crippen LogP contribution in [-0.4, -0.2) is 41.9 Å². The van der Waals surface area contributed by atoms with E-state index in [1.54, 1.807) is 0 Å². The van der Waals surface area contributed by atoms with Gasteiger partial charge in [0.2, 0.25) is 11.8 Å². The Kier molecular flexibility index (Phi) is 5.82. The number of carboxylic acid groups (broad SMARTS) is 1. The minimum atomic E-state index is -1.20. The standard InChI is InChI=1S/C10H16N2O4S/c13-8(5-17-6-9(14)15)12-7-3-1-2-4-11-10(7)16/h7H,1-6H2,(H,11,16)(H,12,13)(H,14,15)/p-1/t7-/m1/s1. The summed E-state index contributed by atoms with van der Waals surface area (Å²) in [4.78, 5) is 33.1. The van der Waals surface area contributed by atoms with Crippen molar-refractivity contribution in [1.82, 2.24) is 10.6 Å². The summed E-state index contributed by atoms with van der Waals surface area (Å²) < 4.78 is 0. The van der Waals surface area contributed by atoms with Gasteiger partial charge in [0.1, 0.15) is 6.04 Å². The first kappa shape index (κ1) is 13.8. The first-order valence-corrected chi connectivity index (χ1v) is 6.59. The number of rotatable bonds is 5. The Balaban J connectivity index is 2.28. The van der Waals surface area contributed by atoms with Crippen molar-refractivity contribution in [2.45, 2.75) is 25.3 Å². The fraction of sp³-hybridized carbons (Fsp3) is 0.700. The topological polar surface area (TPSA) is 98.3 Å². The van der Waals surface area contributed by atoms with Gasteiger partial charge in [-0.05, 0) is 19.3 Å². The van der Waals surface area contributed by atoms with Crippen molar-refractivity contribution >= 4 is 29.5 Å². The highest BCUT2D eigenvalue weighted by atomic mass is 32.2. The molecule has 7 heteroatoms. The van der Waals surface area contributed by atoms with Gasteiger partial charge < -0.3 is 20.5 Å². The normalized spacial score (nSPS) is 20.2. The molecule has 0 radical (unpaired) electrons. The summed E-state index contributed by atoms with van der Waals surface area (Å²) in [6, 6.07) is -0.492. The lowest BCUT2D eigenvalue weighted by molar-refractivity contribution is -0.301. The maximum atomic E-state index is 11.5. The van der Waals surface area contributed by atoms with E-state index in [9.17, 15) is 19.5 Å². The van der Waals surface area contributed by atoms with Crippen molar-refractivity contribution in [3.05, 3.63) is 0 Å². The molecule has 2 amide bonds. The van der Waals surface area contributed by atoms with Crippen molar-refractivity contribution in [2.24, 2.45) is 0 Å². The zero-order valence-electron chi connectivity index (χ0n) is 9.36. The third-order valence-electron chi connectivity index (χ3n) is 2.32. The first-order valence-electron chi connectivity index (χ1n) is 5.44. The van der Waals surface area contributed by atoms with Crippen LogP contribution in [0.25, 0.3) is 0 Å². The minimum absolute atomic E-state index is 0.0256. The number of carboxylic acids is 1. The third kappa shape index (κ3) is 5.58. The van der Waals surface area contributed by atoms with Gasteiger partial charge in [-0.15, -0.1) is 11.8 Å². The van der Waals surface area contributed by atoms with E-state index < -0.39 is 12.0 Å². The van der Waals surface area contributed by atoms with Crippen LogP contribution in [-0.2, 0) is 14.4 Å². The van der Waals surface area contributed by atoms with Gasteiger partial charge in [0.15, 0.2) is 0 Å². The second kappa shape index (κ2) is 7.16. The summed E-state index contributed by atoms with van der Waals surface area (Å²) in [6.07, 6.45) is 2.43. The Morgan fingerprint density at radius 2 is 2.18 bits per heavy atom. The molecule has 1 atom stereocenters. The van der Waals surface area contributed by atoms with Gasteiger partial charge in [0.05, 0.1) is 11.7 Å². The lowest BCUT2D eigenvalue weighted by atomic mass is 10.1. The molecule has 0 saturated carbocycles. The van der Waals surface area contributed by atoms with Crippen LogP contribution in [0.1, 0.15) is 19.3 Å². The molecule has 6 nitrogen and oxygen atoms in total. The number of amides is 2. The predicted molar refractivity (Wildman–Crippen MR) is 61.1 cm³/mol. The summed E-state index contributed by atoms with van der Waals surface area (Å²) in [6.45, 7) is 0.643. The second-order valence-electron chi connectivity index (χ2n) is 3.77. The molecule has 0 bridgehead atoms. The molecule has 17 heavy (non-hydrogen) atoms. The molecule has 1 rings (SSSR count).